The number of fused-ring (bicyclic) bond motifs is 1. The molecule has 2 aromatic carbocycles. The zero-order valence-corrected chi connectivity index (χ0v) is 21.8. The summed E-state index contributed by atoms with van der Waals surface area (Å²) >= 11 is 0. The third-order valence-corrected chi connectivity index (χ3v) is 7.63. The highest BCUT2D eigenvalue weighted by Gasteiger charge is 2.39. The molecule has 0 spiro atoms. The Balaban J connectivity index is 1.35. The van der Waals surface area contributed by atoms with Gasteiger partial charge in [-0.1, -0.05) is 12.1 Å². The second-order valence-electron chi connectivity index (χ2n) is 11.9. The first kappa shape index (κ1) is 24.0. The summed E-state index contributed by atoms with van der Waals surface area (Å²) in [7, 11) is 2.11. The van der Waals surface area contributed by atoms with Crippen molar-refractivity contribution >= 4 is 16.6 Å². The van der Waals surface area contributed by atoms with Gasteiger partial charge in [-0.05, 0) is 113 Å². The van der Waals surface area contributed by atoms with Gasteiger partial charge in [-0.25, -0.2) is 0 Å². The van der Waals surface area contributed by atoms with E-state index in [1.165, 1.54) is 31.5 Å². The maximum absolute atomic E-state index is 10.8. The number of aromatic nitrogens is 2. The maximum Gasteiger partial charge on any atom is 0.151 e. The van der Waals surface area contributed by atoms with Crippen LogP contribution in [0, 0.1) is 0 Å². The molecule has 2 saturated heterocycles. The van der Waals surface area contributed by atoms with Gasteiger partial charge in [0.25, 0.3) is 0 Å². The summed E-state index contributed by atoms with van der Waals surface area (Å²) in [5, 5.41) is 25.8. The average molecular weight is 474 g/mol. The number of phenolic OH excluding ortho intramolecular Hbond substituents is 1. The molecule has 0 atom stereocenters. The van der Waals surface area contributed by atoms with Crippen molar-refractivity contribution in [1.29, 1.82) is 0 Å². The normalized spacial score (nSPS) is 20.4. The predicted octanol–water partition coefficient (Wildman–Crippen LogP) is 5.34. The summed E-state index contributed by atoms with van der Waals surface area (Å²) in [5.74, 6) is 1.10. The van der Waals surface area contributed by atoms with E-state index in [9.17, 15) is 5.11 Å². The lowest BCUT2D eigenvalue weighted by Gasteiger charge is -2.49. The lowest BCUT2D eigenvalue weighted by atomic mass is 9.79. The molecule has 2 N–H and O–H groups in total. The predicted molar refractivity (Wildman–Crippen MR) is 144 cm³/mol. The summed E-state index contributed by atoms with van der Waals surface area (Å²) in [4.78, 5) is 4.75. The summed E-state index contributed by atoms with van der Waals surface area (Å²) in [6.07, 6.45) is 4.67. The summed E-state index contributed by atoms with van der Waals surface area (Å²) in [6, 6.07) is 14.8. The third kappa shape index (κ3) is 5.29. The molecule has 2 aliphatic rings. The van der Waals surface area contributed by atoms with E-state index in [2.05, 4.69) is 78.3 Å². The minimum absolute atomic E-state index is 0.0687. The molecule has 35 heavy (non-hydrogen) atoms. The number of anilines is 1. The molecule has 0 unspecified atom stereocenters. The largest absolute Gasteiger partial charge is 0.507 e. The average Bonchev–Trinajstić information content (AvgIpc) is 3.29. The Morgan fingerprint density at radius 1 is 0.943 bits per heavy atom. The minimum Gasteiger partial charge on any atom is -0.507 e. The first-order chi connectivity index (χ1) is 16.6. The fourth-order valence-corrected chi connectivity index (χ4v) is 6.22. The number of hydrogen-bond acceptors (Lipinski definition) is 6. The molecule has 3 heterocycles. The molecule has 0 aliphatic carbocycles. The van der Waals surface area contributed by atoms with Gasteiger partial charge in [0.2, 0.25) is 0 Å². The number of phenols is 1. The molecule has 5 rings (SSSR count). The monoisotopic (exact) mass is 473 g/mol. The molecule has 0 radical (unpaired) electrons. The van der Waals surface area contributed by atoms with Gasteiger partial charge in [-0.3, -0.25) is 4.90 Å². The lowest BCUT2D eigenvalue weighted by Crippen LogP contribution is -2.62. The molecule has 6 nitrogen and oxygen atoms in total. The number of benzene rings is 2. The van der Waals surface area contributed by atoms with Gasteiger partial charge < -0.3 is 15.3 Å². The molecule has 2 aliphatic heterocycles. The number of nitrogens with one attached hydrogen (secondary N) is 1. The van der Waals surface area contributed by atoms with Gasteiger partial charge in [0.05, 0.1) is 5.69 Å². The van der Waals surface area contributed by atoms with Crippen molar-refractivity contribution in [1.82, 2.24) is 20.4 Å². The Morgan fingerprint density at radius 2 is 1.66 bits per heavy atom. The quantitative estimate of drug-likeness (QED) is 0.521. The molecule has 3 aromatic rings. The van der Waals surface area contributed by atoms with E-state index in [0.717, 1.165) is 41.5 Å². The van der Waals surface area contributed by atoms with Gasteiger partial charge >= 0.3 is 0 Å². The van der Waals surface area contributed by atoms with Crippen LogP contribution in [0.4, 0.5) is 5.82 Å². The van der Waals surface area contributed by atoms with E-state index >= 15 is 0 Å². The zero-order chi connectivity index (χ0) is 24.8. The first-order valence-electron chi connectivity index (χ1n) is 12.9. The van der Waals surface area contributed by atoms with Gasteiger partial charge in [0, 0.05) is 36.3 Å². The van der Waals surface area contributed by atoms with Crippen molar-refractivity contribution in [3.8, 4) is 17.0 Å². The first-order valence-corrected chi connectivity index (χ1v) is 12.9. The van der Waals surface area contributed by atoms with Crippen molar-refractivity contribution in [2.24, 2.45) is 0 Å². The van der Waals surface area contributed by atoms with Crippen molar-refractivity contribution in [2.75, 3.05) is 25.0 Å². The Labute approximate surface area is 209 Å². The van der Waals surface area contributed by atoms with Crippen molar-refractivity contribution in [2.45, 2.75) is 77.0 Å². The highest BCUT2D eigenvalue weighted by atomic mass is 16.3. The van der Waals surface area contributed by atoms with E-state index in [1.54, 1.807) is 0 Å². The van der Waals surface area contributed by atoms with E-state index in [4.69, 9.17) is 0 Å². The van der Waals surface area contributed by atoms with Crippen LogP contribution in [0.3, 0.4) is 0 Å². The highest BCUT2D eigenvalue weighted by molar-refractivity contribution is 5.90. The molecule has 0 bridgehead atoms. The van der Waals surface area contributed by atoms with Gasteiger partial charge in [0.15, 0.2) is 5.82 Å². The van der Waals surface area contributed by atoms with Gasteiger partial charge in [-0.15, -0.1) is 10.2 Å². The third-order valence-electron chi connectivity index (χ3n) is 7.63. The zero-order valence-electron chi connectivity index (χ0n) is 21.8. The molecular formula is C29H39N5O. The standard InChI is InChI=1S/C29H39N5O/c1-28(2)17-23(18-29(3,4)32-28)33(5)27-11-10-25(30-31-27)24-15-21-9-8-20(14-22(21)16-26(24)35)19-34-12-6-7-13-34/h8-11,14-16,23,32,35H,6-7,12-13,17-19H2,1-5H3. The second-order valence-corrected chi connectivity index (χ2v) is 11.9. The van der Waals surface area contributed by atoms with E-state index in [-0.39, 0.29) is 16.8 Å². The van der Waals surface area contributed by atoms with Crippen LogP contribution in [-0.2, 0) is 6.54 Å². The molecule has 1 aromatic heterocycles. The highest BCUT2D eigenvalue weighted by Crippen LogP contribution is 2.35. The number of piperidine rings is 1. The maximum atomic E-state index is 10.8. The Bertz CT molecular complexity index is 1180. The SMILES string of the molecule is CN(c1ccc(-c2cc3ccc(CN4CCCC4)cc3cc2O)nn1)C1CC(C)(C)NC(C)(C)C1. The van der Waals surface area contributed by atoms with Crippen LogP contribution in [0.2, 0.25) is 0 Å². The van der Waals surface area contributed by atoms with Gasteiger partial charge in [0.1, 0.15) is 5.75 Å². The summed E-state index contributed by atoms with van der Waals surface area (Å²) < 4.78 is 0. The molecule has 2 fully saturated rings. The van der Waals surface area contributed by atoms with Crippen LogP contribution in [0.1, 0.15) is 58.9 Å². The summed E-state index contributed by atoms with van der Waals surface area (Å²) in [5.41, 5.74) is 2.84. The summed E-state index contributed by atoms with van der Waals surface area (Å²) in [6.45, 7) is 12.4. The molecular weight excluding hydrogens is 434 g/mol. The Morgan fingerprint density at radius 3 is 2.31 bits per heavy atom. The number of rotatable bonds is 5. The van der Waals surface area contributed by atoms with Gasteiger partial charge in [-0.2, -0.15) is 0 Å². The van der Waals surface area contributed by atoms with Crippen LogP contribution in [0.25, 0.3) is 22.0 Å². The van der Waals surface area contributed by atoms with Crippen molar-refractivity contribution in [3.63, 3.8) is 0 Å². The number of hydrogen-bond donors (Lipinski definition) is 2. The molecule has 0 saturated carbocycles. The van der Waals surface area contributed by atoms with Crippen molar-refractivity contribution < 1.29 is 5.11 Å². The minimum atomic E-state index is 0.0687. The van der Waals surface area contributed by atoms with E-state index in [1.807, 2.05) is 24.3 Å². The molecule has 6 heteroatoms. The number of nitrogens with zero attached hydrogens (tertiary/aromatic N) is 4. The fraction of sp³-hybridized carbons (Fsp3) is 0.517. The molecule has 0 amide bonds. The van der Waals surface area contributed by atoms with Crippen LogP contribution in [-0.4, -0.2) is 57.5 Å². The van der Waals surface area contributed by atoms with E-state index < -0.39 is 0 Å². The van der Waals surface area contributed by atoms with Crippen molar-refractivity contribution in [3.05, 3.63) is 48.0 Å². The van der Waals surface area contributed by atoms with E-state index in [0.29, 0.717) is 11.7 Å². The molecule has 186 valence electrons. The Kier molecular flexibility index (Phi) is 6.22. The van der Waals surface area contributed by atoms with Crippen LogP contribution in [0.5, 0.6) is 5.75 Å². The second kappa shape index (κ2) is 9.07. The smallest absolute Gasteiger partial charge is 0.151 e. The fourth-order valence-electron chi connectivity index (χ4n) is 6.22. The topological polar surface area (TPSA) is 64.5 Å². The van der Waals surface area contributed by atoms with Crippen LogP contribution < -0.4 is 10.2 Å². The number of aromatic hydroxyl groups is 1. The van der Waals surface area contributed by atoms with Crippen LogP contribution >= 0.6 is 0 Å². The van der Waals surface area contributed by atoms with Crippen LogP contribution in [0.15, 0.2) is 42.5 Å². The Hall–Kier alpha value is -2.70. The lowest BCUT2D eigenvalue weighted by molar-refractivity contribution is 0.160. The number of likely N-dealkylation sites (tertiary alicyclic amines) is 1.